The summed E-state index contributed by atoms with van der Waals surface area (Å²) >= 11 is 0. The summed E-state index contributed by atoms with van der Waals surface area (Å²) < 4.78 is 16.8. The SMILES string of the molecule is C=CCOC(OCC=C)(OCC=C)C(CC)CO. The molecular formula is C14H24O4. The third-order valence-electron chi connectivity index (χ3n) is 2.42. The summed E-state index contributed by atoms with van der Waals surface area (Å²) in [4.78, 5) is 0. The highest BCUT2D eigenvalue weighted by molar-refractivity contribution is 4.78. The van der Waals surface area contributed by atoms with Crippen LogP contribution in [-0.4, -0.2) is 37.5 Å². The fourth-order valence-corrected chi connectivity index (χ4v) is 1.49. The van der Waals surface area contributed by atoms with Gasteiger partial charge in [-0.25, -0.2) is 0 Å². The lowest BCUT2D eigenvalue weighted by Crippen LogP contribution is -2.48. The average Bonchev–Trinajstić information content (AvgIpc) is 2.41. The highest BCUT2D eigenvalue weighted by Gasteiger charge is 2.41. The molecule has 1 atom stereocenters. The highest BCUT2D eigenvalue weighted by atomic mass is 16.9. The Bertz CT molecular complexity index is 215. The van der Waals surface area contributed by atoms with Crippen molar-refractivity contribution in [3.05, 3.63) is 38.0 Å². The second kappa shape index (κ2) is 10.0. The maximum Gasteiger partial charge on any atom is 0.289 e. The minimum absolute atomic E-state index is 0.0953. The van der Waals surface area contributed by atoms with E-state index in [2.05, 4.69) is 19.7 Å². The summed E-state index contributed by atoms with van der Waals surface area (Å²) in [6.07, 6.45) is 5.47. The molecule has 0 aromatic carbocycles. The highest BCUT2D eigenvalue weighted by Crippen LogP contribution is 2.28. The van der Waals surface area contributed by atoms with Crippen molar-refractivity contribution in [3.63, 3.8) is 0 Å². The summed E-state index contributed by atoms with van der Waals surface area (Å²) in [5.41, 5.74) is 0. The lowest BCUT2D eigenvalue weighted by atomic mass is 10.0. The van der Waals surface area contributed by atoms with Gasteiger partial charge in [-0.2, -0.15) is 0 Å². The van der Waals surface area contributed by atoms with Gasteiger partial charge in [-0.1, -0.05) is 25.2 Å². The van der Waals surface area contributed by atoms with Crippen molar-refractivity contribution in [2.45, 2.75) is 19.3 Å². The van der Waals surface area contributed by atoms with Gasteiger partial charge in [0, 0.05) is 0 Å². The van der Waals surface area contributed by atoms with Gasteiger partial charge in [-0.3, -0.25) is 0 Å². The number of rotatable bonds is 12. The van der Waals surface area contributed by atoms with Gasteiger partial charge in [-0.15, -0.1) is 19.7 Å². The molecule has 0 aliphatic heterocycles. The van der Waals surface area contributed by atoms with E-state index >= 15 is 0 Å². The average molecular weight is 256 g/mol. The molecule has 4 nitrogen and oxygen atoms in total. The smallest absolute Gasteiger partial charge is 0.289 e. The normalized spacial score (nSPS) is 13.0. The van der Waals surface area contributed by atoms with Gasteiger partial charge in [0.25, 0.3) is 5.97 Å². The standard InChI is InChI=1S/C14H24O4/c1-5-9-16-14(17-10-6-2,18-11-7-3)13(8-4)12-15/h5-7,13,15H,1-3,8-12H2,4H3. The molecule has 0 saturated carbocycles. The van der Waals surface area contributed by atoms with Crippen molar-refractivity contribution in [2.75, 3.05) is 26.4 Å². The van der Waals surface area contributed by atoms with Crippen LogP contribution in [0.3, 0.4) is 0 Å². The van der Waals surface area contributed by atoms with Gasteiger partial charge in [0.15, 0.2) is 0 Å². The van der Waals surface area contributed by atoms with Gasteiger partial charge in [-0.05, 0) is 6.42 Å². The Morgan fingerprint density at radius 2 is 1.39 bits per heavy atom. The van der Waals surface area contributed by atoms with Crippen molar-refractivity contribution in [1.29, 1.82) is 0 Å². The monoisotopic (exact) mass is 256 g/mol. The summed E-state index contributed by atoms with van der Waals surface area (Å²) in [5.74, 6) is -1.59. The fraction of sp³-hybridized carbons (Fsp3) is 0.571. The second-order valence-electron chi connectivity index (χ2n) is 3.69. The summed E-state index contributed by atoms with van der Waals surface area (Å²) in [6, 6.07) is 0. The first-order chi connectivity index (χ1) is 8.70. The molecule has 0 saturated heterocycles. The summed E-state index contributed by atoms with van der Waals surface area (Å²) in [6.45, 7) is 13.4. The molecule has 0 aliphatic rings. The van der Waals surface area contributed by atoms with Gasteiger partial charge in [0.05, 0.1) is 32.3 Å². The molecule has 0 heterocycles. The third-order valence-corrected chi connectivity index (χ3v) is 2.42. The minimum atomic E-state index is -1.29. The Balaban J connectivity index is 4.98. The van der Waals surface area contributed by atoms with Crippen LogP contribution in [0.25, 0.3) is 0 Å². The maximum atomic E-state index is 9.44. The molecule has 0 amide bonds. The molecule has 1 N–H and O–H groups in total. The van der Waals surface area contributed by atoms with Crippen molar-refractivity contribution in [3.8, 4) is 0 Å². The summed E-state index contributed by atoms with van der Waals surface area (Å²) in [5, 5.41) is 9.44. The number of hydrogen-bond donors (Lipinski definition) is 1. The zero-order chi connectivity index (χ0) is 13.9. The topological polar surface area (TPSA) is 47.9 Å². The van der Waals surface area contributed by atoms with E-state index in [1.807, 2.05) is 6.92 Å². The van der Waals surface area contributed by atoms with Crippen molar-refractivity contribution in [1.82, 2.24) is 0 Å². The van der Waals surface area contributed by atoms with E-state index in [9.17, 15) is 5.11 Å². The van der Waals surface area contributed by atoms with Crippen LogP contribution < -0.4 is 0 Å². The van der Waals surface area contributed by atoms with E-state index in [1.165, 1.54) is 0 Å². The molecule has 0 spiro atoms. The first kappa shape index (κ1) is 17.1. The van der Waals surface area contributed by atoms with Crippen molar-refractivity contribution < 1.29 is 19.3 Å². The molecule has 104 valence electrons. The zero-order valence-electron chi connectivity index (χ0n) is 11.1. The second-order valence-corrected chi connectivity index (χ2v) is 3.69. The zero-order valence-corrected chi connectivity index (χ0v) is 11.1. The molecule has 18 heavy (non-hydrogen) atoms. The molecular weight excluding hydrogens is 232 g/mol. The minimum Gasteiger partial charge on any atom is -0.396 e. The molecule has 0 radical (unpaired) electrons. The van der Waals surface area contributed by atoms with E-state index in [0.717, 1.165) is 0 Å². The predicted molar refractivity (Wildman–Crippen MR) is 72.0 cm³/mol. The van der Waals surface area contributed by atoms with Gasteiger partial charge < -0.3 is 19.3 Å². The molecule has 4 heteroatoms. The number of hydrogen-bond acceptors (Lipinski definition) is 4. The Kier molecular flexibility index (Phi) is 9.50. The molecule has 0 aromatic heterocycles. The fourth-order valence-electron chi connectivity index (χ4n) is 1.49. The van der Waals surface area contributed by atoms with Crippen LogP contribution >= 0.6 is 0 Å². The molecule has 0 rings (SSSR count). The van der Waals surface area contributed by atoms with E-state index in [4.69, 9.17) is 14.2 Å². The first-order valence-corrected chi connectivity index (χ1v) is 6.06. The number of aliphatic hydroxyl groups is 1. The lowest BCUT2D eigenvalue weighted by Gasteiger charge is -2.37. The van der Waals surface area contributed by atoms with Gasteiger partial charge >= 0.3 is 0 Å². The first-order valence-electron chi connectivity index (χ1n) is 6.06. The van der Waals surface area contributed by atoms with E-state index in [-0.39, 0.29) is 32.3 Å². The van der Waals surface area contributed by atoms with Gasteiger partial charge in [0.1, 0.15) is 0 Å². The van der Waals surface area contributed by atoms with Crippen LogP contribution in [0.1, 0.15) is 13.3 Å². The summed E-state index contributed by atoms with van der Waals surface area (Å²) in [7, 11) is 0. The van der Waals surface area contributed by atoms with Crippen molar-refractivity contribution >= 4 is 0 Å². The molecule has 0 aliphatic carbocycles. The Morgan fingerprint density at radius 1 is 1.00 bits per heavy atom. The van der Waals surface area contributed by atoms with Crippen LogP contribution in [0.2, 0.25) is 0 Å². The van der Waals surface area contributed by atoms with Crippen LogP contribution in [0.5, 0.6) is 0 Å². The molecule has 1 unspecified atom stereocenters. The Labute approximate surface area is 110 Å². The van der Waals surface area contributed by atoms with E-state index in [1.54, 1.807) is 18.2 Å². The van der Waals surface area contributed by atoms with Crippen LogP contribution in [-0.2, 0) is 14.2 Å². The molecule has 0 fully saturated rings. The van der Waals surface area contributed by atoms with Crippen LogP contribution in [0.15, 0.2) is 38.0 Å². The quantitative estimate of drug-likeness (QED) is 0.430. The van der Waals surface area contributed by atoms with Crippen LogP contribution in [0.4, 0.5) is 0 Å². The lowest BCUT2D eigenvalue weighted by molar-refractivity contribution is -0.398. The Morgan fingerprint density at radius 3 is 1.61 bits per heavy atom. The number of ether oxygens (including phenoxy) is 3. The maximum absolute atomic E-state index is 9.44. The van der Waals surface area contributed by atoms with Crippen LogP contribution in [0, 0.1) is 5.92 Å². The third kappa shape index (κ3) is 5.14. The van der Waals surface area contributed by atoms with E-state index in [0.29, 0.717) is 6.42 Å². The van der Waals surface area contributed by atoms with Gasteiger partial charge in [0.2, 0.25) is 0 Å². The Hall–Kier alpha value is -0.940. The molecule has 0 bridgehead atoms. The number of aliphatic hydroxyl groups excluding tert-OH is 1. The predicted octanol–water partition coefficient (Wildman–Crippen LogP) is 2.27. The van der Waals surface area contributed by atoms with Crippen molar-refractivity contribution in [2.24, 2.45) is 5.92 Å². The molecule has 0 aromatic rings. The largest absolute Gasteiger partial charge is 0.396 e. The van der Waals surface area contributed by atoms with E-state index < -0.39 is 5.97 Å².